The van der Waals surface area contributed by atoms with Crippen LogP contribution in [0.15, 0.2) is 22.8 Å². The Hall–Kier alpha value is -2.02. The molecule has 6 nitrogen and oxygen atoms in total. The monoisotopic (exact) mass is 308 g/mol. The number of aryl methyl sites for hydroxylation is 1. The van der Waals surface area contributed by atoms with Gasteiger partial charge in [-0.3, -0.25) is 4.98 Å². The number of halogens is 1. The van der Waals surface area contributed by atoms with Gasteiger partial charge in [0.25, 0.3) is 0 Å². The number of carbonyl (C=O) groups is 1. The minimum atomic E-state index is -1.14. The number of aromatic carboxylic acids is 1. The summed E-state index contributed by atoms with van der Waals surface area (Å²) in [6.45, 7) is 1.57. The Kier molecular flexibility index (Phi) is 3.24. The van der Waals surface area contributed by atoms with E-state index < -0.39 is 5.97 Å². The van der Waals surface area contributed by atoms with Gasteiger partial charge in [-0.2, -0.15) is 0 Å². The predicted octanol–water partition coefficient (Wildman–Crippen LogP) is 1.89. The molecule has 0 unspecified atom stereocenters. The van der Waals surface area contributed by atoms with Crippen LogP contribution in [0, 0.1) is 6.92 Å². The summed E-state index contributed by atoms with van der Waals surface area (Å²) in [7, 11) is 0. The highest BCUT2D eigenvalue weighted by Crippen LogP contribution is 2.20. The molecule has 0 saturated heterocycles. The van der Waals surface area contributed by atoms with Gasteiger partial charge in [0.15, 0.2) is 5.82 Å². The van der Waals surface area contributed by atoms with Crippen molar-refractivity contribution in [1.82, 2.24) is 15.0 Å². The Labute approximate surface area is 111 Å². The van der Waals surface area contributed by atoms with E-state index in [0.29, 0.717) is 17.2 Å². The molecule has 0 aromatic carbocycles. The number of hydrogen-bond acceptors (Lipinski definition) is 5. The lowest BCUT2D eigenvalue weighted by Crippen LogP contribution is -2.10. The molecule has 0 radical (unpaired) electrons. The van der Waals surface area contributed by atoms with Crippen LogP contribution in [0.2, 0.25) is 0 Å². The summed E-state index contributed by atoms with van der Waals surface area (Å²) in [4.78, 5) is 23.2. The fraction of sp³-hybridized carbons (Fsp3) is 0.0909. The smallest absolute Gasteiger partial charge is 0.341 e. The number of nitrogens with zero attached hydrogens (tertiary/aromatic N) is 3. The van der Waals surface area contributed by atoms with Crippen LogP contribution in [0.4, 0.5) is 5.82 Å². The molecule has 2 aromatic heterocycles. The number of aromatic nitrogens is 3. The first-order valence-corrected chi connectivity index (χ1v) is 5.77. The molecule has 0 bridgehead atoms. The molecule has 2 rings (SSSR count). The maximum atomic E-state index is 11.0. The quantitative estimate of drug-likeness (QED) is 0.878. The number of hydrogen-bond donors (Lipinski definition) is 2. The van der Waals surface area contributed by atoms with Gasteiger partial charge in [-0.1, -0.05) is 0 Å². The maximum Gasteiger partial charge on any atom is 0.341 e. The zero-order chi connectivity index (χ0) is 13.3. The summed E-state index contributed by atoms with van der Waals surface area (Å²) >= 11 is 3.27. The van der Waals surface area contributed by atoms with Crippen molar-refractivity contribution in [3.05, 3.63) is 34.1 Å². The lowest BCUT2D eigenvalue weighted by molar-refractivity contribution is 0.0696. The zero-order valence-corrected chi connectivity index (χ0v) is 11.0. The third-order valence-electron chi connectivity index (χ3n) is 2.29. The first-order valence-electron chi connectivity index (χ1n) is 4.98. The van der Waals surface area contributed by atoms with Gasteiger partial charge in [-0.05, 0) is 35.0 Å². The van der Waals surface area contributed by atoms with E-state index >= 15 is 0 Å². The van der Waals surface area contributed by atoms with Crippen molar-refractivity contribution in [2.75, 3.05) is 5.73 Å². The molecule has 0 amide bonds. The molecule has 0 saturated carbocycles. The number of nitrogens with two attached hydrogens (primary N) is 1. The molecule has 0 spiro atoms. The molecular formula is C11H9BrN4O2. The van der Waals surface area contributed by atoms with Crippen LogP contribution in [0.25, 0.3) is 11.5 Å². The SMILES string of the molecule is Cc1nc(-c2ccc(Br)cn2)nc(N)c1C(=O)O. The number of anilines is 1. The molecule has 2 heterocycles. The molecule has 92 valence electrons. The van der Waals surface area contributed by atoms with Crippen molar-refractivity contribution in [3.63, 3.8) is 0 Å². The van der Waals surface area contributed by atoms with Crippen LogP contribution in [0.1, 0.15) is 16.1 Å². The topological polar surface area (TPSA) is 102 Å². The summed E-state index contributed by atoms with van der Waals surface area (Å²) < 4.78 is 0.832. The highest BCUT2D eigenvalue weighted by molar-refractivity contribution is 9.10. The van der Waals surface area contributed by atoms with Crippen LogP contribution >= 0.6 is 15.9 Å². The van der Waals surface area contributed by atoms with Crippen molar-refractivity contribution < 1.29 is 9.90 Å². The lowest BCUT2D eigenvalue weighted by Gasteiger charge is -2.06. The third kappa shape index (κ3) is 2.30. The Balaban J connectivity index is 2.54. The summed E-state index contributed by atoms with van der Waals surface area (Å²) in [5.41, 5.74) is 6.40. The Morgan fingerprint density at radius 3 is 2.61 bits per heavy atom. The number of rotatable bonds is 2. The summed E-state index contributed by atoms with van der Waals surface area (Å²) in [6.07, 6.45) is 1.61. The van der Waals surface area contributed by atoms with Crippen molar-refractivity contribution in [2.45, 2.75) is 6.92 Å². The first kappa shape index (κ1) is 12.4. The zero-order valence-electron chi connectivity index (χ0n) is 9.38. The average Bonchev–Trinajstić information content (AvgIpc) is 2.28. The van der Waals surface area contributed by atoms with Crippen LogP contribution in [-0.4, -0.2) is 26.0 Å². The minimum absolute atomic E-state index is 0.0604. The van der Waals surface area contributed by atoms with Gasteiger partial charge in [-0.25, -0.2) is 14.8 Å². The summed E-state index contributed by atoms with van der Waals surface area (Å²) in [5, 5.41) is 8.96. The van der Waals surface area contributed by atoms with E-state index in [2.05, 4.69) is 30.9 Å². The Bertz CT molecular complexity index is 590. The molecule has 0 fully saturated rings. The molecule has 0 aliphatic carbocycles. The molecule has 0 aliphatic rings. The molecule has 18 heavy (non-hydrogen) atoms. The van der Waals surface area contributed by atoms with E-state index in [1.54, 1.807) is 25.3 Å². The number of pyridine rings is 1. The number of nitrogen functional groups attached to an aromatic ring is 1. The van der Waals surface area contributed by atoms with Gasteiger partial charge in [-0.15, -0.1) is 0 Å². The van der Waals surface area contributed by atoms with Crippen molar-refractivity contribution in [1.29, 1.82) is 0 Å². The number of carboxylic acid groups (broad SMARTS) is 1. The second-order valence-corrected chi connectivity index (χ2v) is 4.48. The average molecular weight is 309 g/mol. The lowest BCUT2D eigenvalue weighted by atomic mass is 10.2. The molecule has 3 N–H and O–H groups in total. The maximum absolute atomic E-state index is 11.0. The Morgan fingerprint density at radius 2 is 2.11 bits per heavy atom. The third-order valence-corrected chi connectivity index (χ3v) is 2.76. The molecule has 7 heteroatoms. The van der Waals surface area contributed by atoms with E-state index in [1.807, 2.05) is 0 Å². The first-order chi connectivity index (χ1) is 8.49. The Morgan fingerprint density at radius 1 is 1.39 bits per heavy atom. The van der Waals surface area contributed by atoms with Crippen LogP contribution < -0.4 is 5.73 Å². The minimum Gasteiger partial charge on any atom is -0.477 e. The second kappa shape index (κ2) is 4.69. The second-order valence-electron chi connectivity index (χ2n) is 3.56. The molecule has 2 aromatic rings. The standard InChI is InChI=1S/C11H9BrN4O2/c1-5-8(11(17)18)9(13)16-10(15-5)7-3-2-6(12)4-14-7/h2-4H,1H3,(H,17,18)(H2,13,15,16). The van der Waals surface area contributed by atoms with Gasteiger partial charge in [0.05, 0.1) is 5.69 Å². The van der Waals surface area contributed by atoms with E-state index in [4.69, 9.17) is 10.8 Å². The van der Waals surface area contributed by atoms with Crippen molar-refractivity contribution >= 4 is 27.7 Å². The molecule has 0 aliphatic heterocycles. The van der Waals surface area contributed by atoms with E-state index in [9.17, 15) is 4.79 Å². The summed E-state index contributed by atoms with van der Waals surface area (Å²) in [6, 6.07) is 3.51. The normalized spacial score (nSPS) is 10.3. The van der Waals surface area contributed by atoms with Gasteiger partial charge in [0.1, 0.15) is 17.1 Å². The molecular weight excluding hydrogens is 300 g/mol. The van der Waals surface area contributed by atoms with Gasteiger partial charge >= 0.3 is 5.97 Å². The highest BCUT2D eigenvalue weighted by Gasteiger charge is 2.16. The predicted molar refractivity (Wildman–Crippen MR) is 69.1 cm³/mol. The summed E-state index contributed by atoms with van der Waals surface area (Å²) in [5.74, 6) is -0.891. The van der Waals surface area contributed by atoms with Crippen molar-refractivity contribution in [2.24, 2.45) is 0 Å². The van der Waals surface area contributed by atoms with Crippen LogP contribution in [-0.2, 0) is 0 Å². The fourth-order valence-corrected chi connectivity index (χ4v) is 1.72. The van der Waals surface area contributed by atoms with E-state index in [-0.39, 0.29) is 11.4 Å². The largest absolute Gasteiger partial charge is 0.477 e. The van der Waals surface area contributed by atoms with Gasteiger partial charge in [0, 0.05) is 10.7 Å². The van der Waals surface area contributed by atoms with Crippen LogP contribution in [0.5, 0.6) is 0 Å². The van der Waals surface area contributed by atoms with E-state index in [1.165, 1.54) is 0 Å². The van der Waals surface area contributed by atoms with Gasteiger partial charge in [0.2, 0.25) is 0 Å². The van der Waals surface area contributed by atoms with Crippen molar-refractivity contribution in [3.8, 4) is 11.5 Å². The molecule has 0 atom stereocenters. The highest BCUT2D eigenvalue weighted by atomic mass is 79.9. The van der Waals surface area contributed by atoms with Crippen LogP contribution in [0.3, 0.4) is 0 Å². The van der Waals surface area contributed by atoms with E-state index in [0.717, 1.165) is 4.47 Å². The number of carboxylic acids is 1. The fourth-order valence-electron chi connectivity index (χ4n) is 1.48. The van der Waals surface area contributed by atoms with Gasteiger partial charge < -0.3 is 10.8 Å².